The first kappa shape index (κ1) is 22.9. The van der Waals surface area contributed by atoms with E-state index in [0.717, 1.165) is 17.2 Å². The molecule has 3 aromatic rings. The van der Waals surface area contributed by atoms with Gasteiger partial charge in [0.25, 0.3) is 0 Å². The van der Waals surface area contributed by atoms with Crippen LogP contribution < -0.4 is 10.0 Å². The van der Waals surface area contributed by atoms with E-state index in [0.29, 0.717) is 31.2 Å². The Morgan fingerprint density at radius 3 is 2.52 bits per heavy atom. The summed E-state index contributed by atoms with van der Waals surface area (Å²) in [5.74, 6) is 1.30. The van der Waals surface area contributed by atoms with Gasteiger partial charge in [0.2, 0.25) is 16.0 Å². The van der Waals surface area contributed by atoms with Crippen molar-refractivity contribution in [2.24, 2.45) is 7.05 Å². The maximum absolute atomic E-state index is 12.4. The van der Waals surface area contributed by atoms with Crippen LogP contribution in [-0.2, 0) is 21.8 Å². The third-order valence-electron chi connectivity index (χ3n) is 4.62. The molecule has 0 saturated heterocycles. The molecule has 0 unspecified atom stereocenters. The molecular formula is C21H28N6O3S. The monoisotopic (exact) mass is 444 g/mol. The predicted octanol–water partition coefficient (Wildman–Crippen LogP) is 3.02. The Kier molecular flexibility index (Phi) is 7.37. The molecule has 0 aliphatic rings. The van der Waals surface area contributed by atoms with Crippen molar-refractivity contribution in [3.63, 3.8) is 0 Å². The van der Waals surface area contributed by atoms with E-state index in [1.54, 1.807) is 36.7 Å². The number of rotatable bonds is 10. The van der Waals surface area contributed by atoms with Crippen molar-refractivity contribution in [2.75, 3.05) is 18.5 Å². The topological polar surface area (TPSA) is 111 Å². The number of hydrogen-bond donors (Lipinski definition) is 2. The van der Waals surface area contributed by atoms with E-state index >= 15 is 0 Å². The maximum Gasteiger partial charge on any atom is 0.240 e. The molecule has 0 aliphatic heterocycles. The SMILES string of the molecule is Cc1ncc(-c2ccnc(Nc3ccc(S(=O)(=O)NCCCOC(C)C)cc3)n2)n1C. The fourth-order valence-corrected chi connectivity index (χ4v) is 3.90. The molecule has 3 rings (SSSR count). The lowest BCUT2D eigenvalue weighted by atomic mass is 10.3. The third-order valence-corrected chi connectivity index (χ3v) is 6.10. The second-order valence-corrected chi connectivity index (χ2v) is 9.10. The van der Waals surface area contributed by atoms with Gasteiger partial charge in [-0.2, -0.15) is 0 Å². The molecule has 0 radical (unpaired) electrons. The molecule has 10 heteroatoms. The first-order valence-corrected chi connectivity index (χ1v) is 11.5. The van der Waals surface area contributed by atoms with Crippen LogP contribution in [0.2, 0.25) is 0 Å². The van der Waals surface area contributed by atoms with Crippen LogP contribution in [0.4, 0.5) is 11.6 Å². The van der Waals surface area contributed by atoms with Gasteiger partial charge < -0.3 is 14.6 Å². The smallest absolute Gasteiger partial charge is 0.240 e. The Bertz CT molecular complexity index is 1110. The molecule has 166 valence electrons. The Hall–Kier alpha value is -2.82. The molecule has 2 aromatic heterocycles. The quantitative estimate of drug-likeness (QED) is 0.462. The van der Waals surface area contributed by atoms with Crippen LogP contribution in [0.25, 0.3) is 11.4 Å². The number of sulfonamides is 1. The van der Waals surface area contributed by atoms with Crippen molar-refractivity contribution in [1.29, 1.82) is 0 Å². The number of nitrogens with zero attached hydrogens (tertiary/aromatic N) is 4. The van der Waals surface area contributed by atoms with Crippen molar-refractivity contribution < 1.29 is 13.2 Å². The highest BCUT2D eigenvalue weighted by molar-refractivity contribution is 7.89. The van der Waals surface area contributed by atoms with Gasteiger partial charge in [-0.1, -0.05) is 0 Å². The van der Waals surface area contributed by atoms with E-state index in [9.17, 15) is 8.42 Å². The lowest BCUT2D eigenvalue weighted by molar-refractivity contribution is 0.0778. The third kappa shape index (κ3) is 6.09. The van der Waals surface area contributed by atoms with E-state index in [1.807, 2.05) is 38.5 Å². The number of imidazole rings is 1. The minimum absolute atomic E-state index is 0.134. The van der Waals surface area contributed by atoms with Gasteiger partial charge in [0.05, 0.1) is 28.6 Å². The molecule has 9 nitrogen and oxygen atoms in total. The first-order valence-electron chi connectivity index (χ1n) is 10.1. The fourth-order valence-electron chi connectivity index (χ4n) is 2.83. The van der Waals surface area contributed by atoms with Gasteiger partial charge in [-0.3, -0.25) is 0 Å². The molecule has 1 aromatic carbocycles. The summed E-state index contributed by atoms with van der Waals surface area (Å²) in [7, 11) is -1.64. The van der Waals surface area contributed by atoms with Gasteiger partial charge in [-0.15, -0.1) is 0 Å². The van der Waals surface area contributed by atoms with Crippen LogP contribution in [0.3, 0.4) is 0 Å². The Morgan fingerprint density at radius 2 is 1.87 bits per heavy atom. The van der Waals surface area contributed by atoms with Crippen LogP contribution in [0.5, 0.6) is 0 Å². The maximum atomic E-state index is 12.4. The number of benzene rings is 1. The summed E-state index contributed by atoms with van der Waals surface area (Å²) in [5, 5.41) is 3.11. The van der Waals surface area contributed by atoms with Crippen LogP contribution in [0, 0.1) is 6.92 Å². The van der Waals surface area contributed by atoms with Crippen molar-refractivity contribution in [1.82, 2.24) is 24.2 Å². The predicted molar refractivity (Wildman–Crippen MR) is 120 cm³/mol. The second-order valence-electron chi connectivity index (χ2n) is 7.34. The standard InChI is InChI=1S/C21H28N6O3S/c1-15(2)30-13-5-11-24-31(28,29)18-8-6-17(7-9-18)25-21-22-12-10-19(26-21)20-14-23-16(3)27(20)4/h6-10,12,14-15,24H,5,11,13H2,1-4H3,(H,22,25,26). The summed E-state index contributed by atoms with van der Waals surface area (Å²) < 4.78 is 34.8. The molecule has 0 atom stereocenters. The van der Waals surface area contributed by atoms with Gasteiger partial charge in [0, 0.05) is 32.1 Å². The minimum atomic E-state index is -3.57. The highest BCUT2D eigenvalue weighted by Crippen LogP contribution is 2.21. The first-order chi connectivity index (χ1) is 14.8. The number of hydrogen-bond acceptors (Lipinski definition) is 7. The fraction of sp³-hybridized carbons (Fsp3) is 0.381. The molecule has 31 heavy (non-hydrogen) atoms. The average molecular weight is 445 g/mol. The zero-order valence-electron chi connectivity index (χ0n) is 18.2. The van der Waals surface area contributed by atoms with Crippen LogP contribution >= 0.6 is 0 Å². The lowest BCUT2D eigenvalue weighted by Gasteiger charge is -2.10. The van der Waals surface area contributed by atoms with E-state index in [2.05, 4.69) is 25.0 Å². The van der Waals surface area contributed by atoms with E-state index < -0.39 is 10.0 Å². The van der Waals surface area contributed by atoms with Gasteiger partial charge in [0.1, 0.15) is 5.82 Å². The number of nitrogens with one attached hydrogen (secondary N) is 2. The summed E-state index contributed by atoms with van der Waals surface area (Å²) in [5.41, 5.74) is 2.31. The highest BCUT2D eigenvalue weighted by Gasteiger charge is 2.13. The Balaban J connectivity index is 1.63. The Labute approximate surface area is 183 Å². The average Bonchev–Trinajstić information content (AvgIpc) is 3.06. The second kappa shape index (κ2) is 9.99. The summed E-state index contributed by atoms with van der Waals surface area (Å²) >= 11 is 0. The van der Waals surface area contributed by atoms with Gasteiger partial charge in [-0.05, 0) is 57.5 Å². The zero-order chi connectivity index (χ0) is 22.4. The molecule has 2 N–H and O–H groups in total. The summed E-state index contributed by atoms with van der Waals surface area (Å²) in [6, 6.07) is 8.27. The van der Waals surface area contributed by atoms with Crippen LogP contribution in [-0.4, -0.2) is 47.2 Å². The van der Waals surface area contributed by atoms with Crippen molar-refractivity contribution in [2.45, 2.75) is 38.2 Å². The van der Waals surface area contributed by atoms with Crippen molar-refractivity contribution in [3.05, 3.63) is 48.5 Å². The minimum Gasteiger partial charge on any atom is -0.379 e. The largest absolute Gasteiger partial charge is 0.379 e. The molecule has 0 bridgehead atoms. The molecule has 0 amide bonds. The molecule has 0 fully saturated rings. The molecule has 0 aliphatic carbocycles. The molecule has 0 spiro atoms. The number of anilines is 2. The number of aryl methyl sites for hydroxylation is 1. The summed E-state index contributed by atoms with van der Waals surface area (Å²) in [6.45, 7) is 6.65. The highest BCUT2D eigenvalue weighted by atomic mass is 32.2. The molecular weight excluding hydrogens is 416 g/mol. The lowest BCUT2D eigenvalue weighted by Crippen LogP contribution is -2.25. The zero-order valence-corrected chi connectivity index (χ0v) is 19.0. The van der Waals surface area contributed by atoms with Crippen LogP contribution in [0.15, 0.2) is 47.6 Å². The summed E-state index contributed by atoms with van der Waals surface area (Å²) in [6.07, 6.45) is 4.18. The molecule has 0 saturated carbocycles. The number of aromatic nitrogens is 4. The van der Waals surface area contributed by atoms with E-state index in [1.165, 1.54) is 0 Å². The van der Waals surface area contributed by atoms with Gasteiger partial charge >= 0.3 is 0 Å². The van der Waals surface area contributed by atoms with Crippen molar-refractivity contribution in [3.8, 4) is 11.4 Å². The summed E-state index contributed by atoms with van der Waals surface area (Å²) in [4.78, 5) is 13.3. The van der Waals surface area contributed by atoms with Crippen molar-refractivity contribution >= 4 is 21.7 Å². The number of ether oxygens (including phenoxy) is 1. The van der Waals surface area contributed by atoms with Gasteiger partial charge in [0.15, 0.2) is 0 Å². The van der Waals surface area contributed by atoms with E-state index in [4.69, 9.17) is 4.74 Å². The van der Waals surface area contributed by atoms with E-state index in [-0.39, 0.29) is 11.0 Å². The molecule has 2 heterocycles. The Morgan fingerprint density at radius 1 is 1.13 bits per heavy atom. The van der Waals surface area contributed by atoms with Gasteiger partial charge in [-0.25, -0.2) is 28.1 Å². The van der Waals surface area contributed by atoms with Crippen LogP contribution in [0.1, 0.15) is 26.1 Å². The normalized spacial score (nSPS) is 11.8.